The minimum atomic E-state index is 0. The van der Waals surface area contributed by atoms with E-state index in [9.17, 15) is 0 Å². The van der Waals surface area contributed by atoms with Crippen LogP contribution in [0.4, 0.5) is 0 Å². The zero-order valence-electron chi connectivity index (χ0n) is 17.7. The quantitative estimate of drug-likeness (QED) is 0.390. The van der Waals surface area contributed by atoms with Gasteiger partial charge in [-0.15, -0.1) is 24.0 Å². The highest BCUT2D eigenvalue weighted by Crippen LogP contribution is 2.25. The van der Waals surface area contributed by atoms with Crippen LogP contribution >= 0.6 is 24.0 Å². The first kappa shape index (κ1) is 23.4. The molecule has 3 rings (SSSR count). The number of rotatable bonds is 4. The van der Waals surface area contributed by atoms with Crippen LogP contribution in [0.25, 0.3) is 0 Å². The Hall–Kier alpha value is -0.900. The number of nitrogens with one attached hydrogen (secondary N) is 1. The topological polar surface area (TPSA) is 43.3 Å². The SMILES string of the molecule is CCNC(=NCC1CN(C)CCN1C)N1CCOC(c2ccccc2C)C1.I. The molecule has 2 unspecified atom stereocenters. The number of likely N-dealkylation sites (N-methyl/N-ethyl adjacent to an activating group) is 2. The lowest BCUT2D eigenvalue weighted by molar-refractivity contribution is -0.00840. The molecular formula is C21H36IN5O. The summed E-state index contributed by atoms with van der Waals surface area (Å²) in [6.07, 6.45) is 0.104. The van der Waals surface area contributed by atoms with Crippen LogP contribution in [0.3, 0.4) is 0 Å². The number of guanidine groups is 1. The molecule has 158 valence electrons. The lowest BCUT2D eigenvalue weighted by atomic mass is 10.0. The number of piperazine rings is 1. The molecule has 28 heavy (non-hydrogen) atoms. The largest absolute Gasteiger partial charge is 0.370 e. The Morgan fingerprint density at radius 1 is 1.18 bits per heavy atom. The van der Waals surface area contributed by atoms with Gasteiger partial charge in [-0.05, 0) is 39.1 Å². The Morgan fingerprint density at radius 2 is 1.96 bits per heavy atom. The van der Waals surface area contributed by atoms with Crippen molar-refractivity contribution in [2.45, 2.75) is 26.0 Å². The van der Waals surface area contributed by atoms with Gasteiger partial charge in [-0.25, -0.2) is 0 Å². The lowest BCUT2D eigenvalue weighted by Gasteiger charge is -2.38. The zero-order valence-corrected chi connectivity index (χ0v) is 20.1. The summed E-state index contributed by atoms with van der Waals surface area (Å²) in [7, 11) is 4.41. The molecule has 0 radical (unpaired) electrons. The fraction of sp³-hybridized carbons (Fsp3) is 0.667. The van der Waals surface area contributed by atoms with Crippen molar-refractivity contribution in [2.24, 2.45) is 4.99 Å². The van der Waals surface area contributed by atoms with Crippen LogP contribution < -0.4 is 5.32 Å². The molecule has 0 aliphatic carbocycles. The van der Waals surface area contributed by atoms with Gasteiger partial charge in [0.25, 0.3) is 0 Å². The van der Waals surface area contributed by atoms with Crippen molar-refractivity contribution in [3.05, 3.63) is 35.4 Å². The molecule has 0 aromatic heterocycles. The van der Waals surface area contributed by atoms with Crippen molar-refractivity contribution < 1.29 is 4.74 Å². The van der Waals surface area contributed by atoms with E-state index < -0.39 is 0 Å². The highest BCUT2D eigenvalue weighted by atomic mass is 127. The van der Waals surface area contributed by atoms with Crippen LogP contribution in [0, 0.1) is 6.92 Å². The molecule has 2 aliphatic rings. The number of hydrogen-bond acceptors (Lipinski definition) is 4. The van der Waals surface area contributed by atoms with Gasteiger partial charge >= 0.3 is 0 Å². The Kier molecular flexibility index (Phi) is 9.46. The number of nitrogens with zero attached hydrogens (tertiary/aromatic N) is 4. The first-order chi connectivity index (χ1) is 13.1. The van der Waals surface area contributed by atoms with Crippen LogP contribution in [0.5, 0.6) is 0 Å². The molecule has 2 aliphatic heterocycles. The lowest BCUT2D eigenvalue weighted by Crippen LogP contribution is -2.52. The second-order valence-corrected chi connectivity index (χ2v) is 7.75. The van der Waals surface area contributed by atoms with E-state index in [0.717, 1.165) is 58.4 Å². The number of aryl methyl sites for hydroxylation is 1. The molecule has 2 saturated heterocycles. The number of benzene rings is 1. The first-order valence-corrected chi connectivity index (χ1v) is 10.2. The van der Waals surface area contributed by atoms with Crippen molar-refractivity contribution in [3.63, 3.8) is 0 Å². The average Bonchev–Trinajstić information content (AvgIpc) is 2.68. The van der Waals surface area contributed by atoms with E-state index in [0.29, 0.717) is 6.04 Å². The van der Waals surface area contributed by atoms with Gasteiger partial charge in [0.15, 0.2) is 5.96 Å². The summed E-state index contributed by atoms with van der Waals surface area (Å²) in [6, 6.07) is 9.00. The molecule has 1 aromatic rings. The van der Waals surface area contributed by atoms with Crippen LogP contribution in [-0.4, -0.2) is 93.2 Å². The third kappa shape index (κ3) is 6.05. The number of ether oxygens (including phenoxy) is 1. The van der Waals surface area contributed by atoms with Crippen molar-refractivity contribution in [1.29, 1.82) is 0 Å². The molecule has 2 atom stereocenters. The summed E-state index contributed by atoms with van der Waals surface area (Å²) < 4.78 is 6.09. The van der Waals surface area contributed by atoms with Crippen molar-refractivity contribution in [2.75, 3.05) is 66.5 Å². The van der Waals surface area contributed by atoms with E-state index >= 15 is 0 Å². The van der Waals surface area contributed by atoms with E-state index in [1.54, 1.807) is 0 Å². The maximum Gasteiger partial charge on any atom is 0.194 e. The number of halogens is 1. The van der Waals surface area contributed by atoms with Gasteiger partial charge in [-0.2, -0.15) is 0 Å². The molecule has 1 N–H and O–H groups in total. The van der Waals surface area contributed by atoms with Crippen LogP contribution in [0.1, 0.15) is 24.2 Å². The Labute approximate surface area is 187 Å². The molecule has 7 heteroatoms. The molecule has 1 aromatic carbocycles. The molecule has 2 fully saturated rings. The third-order valence-corrected chi connectivity index (χ3v) is 5.67. The standard InChI is InChI=1S/C21H35N5O.HI/c1-5-22-21(23-14-18-15-24(3)10-11-25(18)4)26-12-13-27-20(16-26)19-9-7-6-8-17(19)2;/h6-9,18,20H,5,10-16H2,1-4H3,(H,22,23);1H. The van der Waals surface area contributed by atoms with Crippen molar-refractivity contribution in [1.82, 2.24) is 20.0 Å². The van der Waals surface area contributed by atoms with Gasteiger partial charge < -0.3 is 19.9 Å². The van der Waals surface area contributed by atoms with E-state index in [4.69, 9.17) is 9.73 Å². The van der Waals surface area contributed by atoms with Gasteiger partial charge in [-0.3, -0.25) is 9.89 Å². The smallest absolute Gasteiger partial charge is 0.194 e. The maximum atomic E-state index is 6.09. The predicted octanol–water partition coefficient (Wildman–Crippen LogP) is 2.20. The molecule has 6 nitrogen and oxygen atoms in total. The summed E-state index contributed by atoms with van der Waals surface area (Å²) in [4.78, 5) is 12.2. The maximum absolute atomic E-state index is 6.09. The summed E-state index contributed by atoms with van der Waals surface area (Å²) in [5.41, 5.74) is 2.57. The minimum absolute atomic E-state index is 0. The van der Waals surface area contributed by atoms with Crippen LogP contribution in [-0.2, 0) is 4.74 Å². The fourth-order valence-corrected chi connectivity index (χ4v) is 3.89. The normalized spacial score (nSPS) is 24.7. The highest BCUT2D eigenvalue weighted by molar-refractivity contribution is 14.0. The van der Waals surface area contributed by atoms with E-state index in [-0.39, 0.29) is 30.1 Å². The number of aliphatic imine (C=N–C) groups is 1. The fourth-order valence-electron chi connectivity index (χ4n) is 3.89. The predicted molar refractivity (Wildman–Crippen MR) is 127 cm³/mol. The number of hydrogen-bond donors (Lipinski definition) is 1. The highest BCUT2D eigenvalue weighted by Gasteiger charge is 2.26. The Bertz CT molecular complexity index is 641. The summed E-state index contributed by atoms with van der Waals surface area (Å²) in [5, 5.41) is 3.49. The van der Waals surface area contributed by atoms with Crippen LogP contribution in [0.2, 0.25) is 0 Å². The van der Waals surface area contributed by atoms with E-state index in [2.05, 4.69) is 72.2 Å². The first-order valence-electron chi connectivity index (χ1n) is 10.2. The third-order valence-electron chi connectivity index (χ3n) is 5.67. The van der Waals surface area contributed by atoms with Crippen LogP contribution in [0.15, 0.2) is 29.3 Å². The molecule has 0 amide bonds. The van der Waals surface area contributed by atoms with Crippen molar-refractivity contribution >= 4 is 29.9 Å². The second kappa shape index (κ2) is 11.3. The number of morpholine rings is 1. The zero-order chi connectivity index (χ0) is 19.2. The van der Waals surface area contributed by atoms with E-state index in [1.807, 2.05) is 0 Å². The Morgan fingerprint density at radius 3 is 2.71 bits per heavy atom. The van der Waals surface area contributed by atoms with Gasteiger partial charge in [0.1, 0.15) is 6.10 Å². The molecule has 0 bridgehead atoms. The van der Waals surface area contributed by atoms with Gasteiger partial charge in [0.2, 0.25) is 0 Å². The molecule has 0 saturated carbocycles. The van der Waals surface area contributed by atoms with Gasteiger partial charge in [0.05, 0.1) is 19.7 Å². The van der Waals surface area contributed by atoms with Crippen molar-refractivity contribution in [3.8, 4) is 0 Å². The Balaban J connectivity index is 0.00000280. The average molecular weight is 501 g/mol. The summed E-state index contributed by atoms with van der Waals surface area (Å²) >= 11 is 0. The summed E-state index contributed by atoms with van der Waals surface area (Å²) in [5.74, 6) is 1.01. The molecular weight excluding hydrogens is 465 g/mol. The molecule has 2 heterocycles. The van der Waals surface area contributed by atoms with Gasteiger partial charge in [-0.1, -0.05) is 24.3 Å². The monoisotopic (exact) mass is 501 g/mol. The molecule has 0 spiro atoms. The minimum Gasteiger partial charge on any atom is -0.370 e. The second-order valence-electron chi connectivity index (χ2n) is 7.75. The van der Waals surface area contributed by atoms with E-state index in [1.165, 1.54) is 11.1 Å². The summed E-state index contributed by atoms with van der Waals surface area (Å²) in [6.45, 7) is 11.8. The van der Waals surface area contributed by atoms with Gasteiger partial charge in [0, 0.05) is 38.8 Å².